The van der Waals surface area contributed by atoms with Gasteiger partial charge in [0.15, 0.2) is 0 Å². The summed E-state index contributed by atoms with van der Waals surface area (Å²) in [4.78, 5) is 1.25. The van der Waals surface area contributed by atoms with Gasteiger partial charge in [0.1, 0.15) is 0 Å². The molecule has 0 radical (unpaired) electrons. The van der Waals surface area contributed by atoms with Crippen LogP contribution in [0.15, 0.2) is 30.3 Å². The molecule has 0 spiro atoms. The van der Waals surface area contributed by atoms with Crippen molar-refractivity contribution in [1.29, 1.82) is 0 Å². The molecule has 2 aromatic rings. The molecule has 0 N–H and O–H groups in total. The second-order valence-corrected chi connectivity index (χ2v) is 6.48. The Morgan fingerprint density at radius 1 is 0.783 bits per heavy atom. The van der Waals surface area contributed by atoms with E-state index in [2.05, 4.69) is 43.0 Å². The van der Waals surface area contributed by atoms with Crippen LogP contribution < -0.4 is 0 Å². The summed E-state index contributed by atoms with van der Waals surface area (Å²) in [6, 6.07) is 10.6. The zero-order chi connectivity index (χ0) is 16.2. The third-order valence-corrected chi connectivity index (χ3v) is 4.34. The second kappa shape index (κ2) is 11.8. The van der Waals surface area contributed by atoms with E-state index in [4.69, 9.17) is 18.9 Å². The summed E-state index contributed by atoms with van der Waals surface area (Å²) in [5.74, 6) is 0.741. The van der Waals surface area contributed by atoms with Gasteiger partial charge in [-0.2, -0.15) is 12.6 Å². The summed E-state index contributed by atoms with van der Waals surface area (Å²) in [5, 5.41) is 1.28. The molecule has 23 heavy (non-hydrogen) atoms. The van der Waals surface area contributed by atoms with Crippen molar-refractivity contribution in [1.82, 2.24) is 0 Å². The number of thiophene rings is 1. The van der Waals surface area contributed by atoms with Gasteiger partial charge in [-0.1, -0.05) is 18.2 Å². The fraction of sp³-hybridized carbons (Fsp3) is 0.529. The second-order valence-electron chi connectivity index (χ2n) is 4.86. The van der Waals surface area contributed by atoms with Crippen LogP contribution in [0.4, 0.5) is 0 Å². The SMILES string of the molecule is SCCOCCOCCOCCOCc1cc2ccccc2s1. The van der Waals surface area contributed by atoms with Gasteiger partial charge in [0.05, 0.1) is 52.9 Å². The van der Waals surface area contributed by atoms with Crippen LogP contribution in [0.25, 0.3) is 10.1 Å². The smallest absolute Gasteiger partial charge is 0.0810 e. The number of benzene rings is 1. The van der Waals surface area contributed by atoms with Crippen molar-refractivity contribution in [2.24, 2.45) is 0 Å². The Morgan fingerprint density at radius 2 is 1.39 bits per heavy atom. The third kappa shape index (κ3) is 7.65. The Kier molecular flexibility index (Phi) is 9.63. The predicted molar refractivity (Wildman–Crippen MR) is 97.8 cm³/mol. The first kappa shape index (κ1) is 18.7. The van der Waals surface area contributed by atoms with Crippen molar-refractivity contribution in [2.75, 3.05) is 52.0 Å². The van der Waals surface area contributed by atoms with Crippen LogP contribution in [0.1, 0.15) is 4.88 Å². The van der Waals surface area contributed by atoms with Crippen LogP contribution >= 0.6 is 24.0 Å². The van der Waals surface area contributed by atoms with Crippen molar-refractivity contribution in [3.8, 4) is 0 Å². The molecule has 0 aliphatic carbocycles. The minimum Gasteiger partial charge on any atom is -0.378 e. The largest absolute Gasteiger partial charge is 0.378 e. The lowest BCUT2D eigenvalue weighted by molar-refractivity contribution is -0.00235. The lowest BCUT2D eigenvalue weighted by Crippen LogP contribution is -2.12. The van der Waals surface area contributed by atoms with Gasteiger partial charge in [-0.15, -0.1) is 11.3 Å². The number of fused-ring (bicyclic) bond motifs is 1. The number of hydrogen-bond acceptors (Lipinski definition) is 6. The highest BCUT2D eigenvalue weighted by molar-refractivity contribution is 7.80. The topological polar surface area (TPSA) is 36.9 Å². The molecule has 0 saturated heterocycles. The molecular weight excluding hydrogens is 332 g/mol. The van der Waals surface area contributed by atoms with Gasteiger partial charge in [0, 0.05) is 15.3 Å². The maximum absolute atomic E-state index is 5.64. The van der Waals surface area contributed by atoms with E-state index in [0.29, 0.717) is 52.9 Å². The van der Waals surface area contributed by atoms with Crippen molar-refractivity contribution < 1.29 is 18.9 Å². The molecule has 6 heteroatoms. The average Bonchev–Trinajstić information content (AvgIpc) is 2.98. The van der Waals surface area contributed by atoms with Crippen LogP contribution in [-0.4, -0.2) is 52.0 Å². The van der Waals surface area contributed by atoms with Gasteiger partial charge >= 0.3 is 0 Å². The van der Waals surface area contributed by atoms with Crippen LogP contribution in [0, 0.1) is 0 Å². The predicted octanol–water partition coefficient (Wildman–Crippen LogP) is 3.40. The van der Waals surface area contributed by atoms with E-state index in [9.17, 15) is 0 Å². The molecule has 0 saturated carbocycles. The van der Waals surface area contributed by atoms with E-state index >= 15 is 0 Å². The molecule has 4 nitrogen and oxygen atoms in total. The molecule has 0 aliphatic heterocycles. The minimum absolute atomic E-state index is 0.582. The first-order valence-electron chi connectivity index (χ1n) is 7.79. The highest BCUT2D eigenvalue weighted by Gasteiger charge is 2.01. The molecule has 0 atom stereocenters. The van der Waals surface area contributed by atoms with E-state index in [1.54, 1.807) is 11.3 Å². The van der Waals surface area contributed by atoms with E-state index in [1.807, 2.05) is 0 Å². The Bertz CT molecular complexity index is 511. The fourth-order valence-corrected chi connectivity index (χ4v) is 3.14. The molecule has 0 aliphatic rings. The monoisotopic (exact) mass is 356 g/mol. The molecule has 1 heterocycles. The van der Waals surface area contributed by atoms with E-state index in [0.717, 1.165) is 5.75 Å². The van der Waals surface area contributed by atoms with Crippen LogP contribution in [0.5, 0.6) is 0 Å². The van der Waals surface area contributed by atoms with Crippen molar-refractivity contribution in [3.63, 3.8) is 0 Å². The summed E-state index contributed by atoms with van der Waals surface area (Å²) in [6.45, 7) is 4.86. The molecule has 0 unspecified atom stereocenters. The summed E-state index contributed by atoms with van der Waals surface area (Å²) in [5.41, 5.74) is 0. The normalized spacial score (nSPS) is 11.3. The first-order chi connectivity index (χ1) is 11.4. The summed E-state index contributed by atoms with van der Waals surface area (Å²) >= 11 is 5.84. The van der Waals surface area contributed by atoms with Crippen LogP contribution in [0.3, 0.4) is 0 Å². The quantitative estimate of drug-likeness (QED) is 0.441. The van der Waals surface area contributed by atoms with Crippen LogP contribution in [0.2, 0.25) is 0 Å². The van der Waals surface area contributed by atoms with E-state index in [-0.39, 0.29) is 0 Å². The van der Waals surface area contributed by atoms with E-state index in [1.165, 1.54) is 15.0 Å². The number of rotatable bonds is 13. The van der Waals surface area contributed by atoms with Crippen molar-refractivity contribution >= 4 is 34.1 Å². The Balaban J connectivity index is 1.42. The zero-order valence-electron chi connectivity index (χ0n) is 13.2. The minimum atomic E-state index is 0.582. The maximum Gasteiger partial charge on any atom is 0.0810 e. The highest BCUT2D eigenvalue weighted by atomic mass is 32.1. The van der Waals surface area contributed by atoms with Gasteiger partial charge in [-0.25, -0.2) is 0 Å². The Morgan fingerprint density at radius 3 is 2.04 bits per heavy atom. The Hall–Kier alpha value is -0.630. The molecule has 1 aromatic heterocycles. The van der Waals surface area contributed by atoms with Gasteiger partial charge in [0.2, 0.25) is 0 Å². The third-order valence-electron chi connectivity index (χ3n) is 3.07. The molecule has 128 valence electrons. The lowest BCUT2D eigenvalue weighted by Gasteiger charge is -2.06. The van der Waals surface area contributed by atoms with Gasteiger partial charge in [-0.3, -0.25) is 0 Å². The van der Waals surface area contributed by atoms with Crippen LogP contribution in [-0.2, 0) is 25.6 Å². The standard InChI is InChI=1S/C17H24O4S2/c22-12-11-20-8-7-18-5-6-19-9-10-21-14-16-13-15-3-1-2-4-17(15)23-16/h1-4,13,22H,5-12,14H2. The lowest BCUT2D eigenvalue weighted by atomic mass is 10.2. The average molecular weight is 357 g/mol. The van der Waals surface area contributed by atoms with Crippen molar-refractivity contribution in [2.45, 2.75) is 6.61 Å². The molecular formula is C17H24O4S2. The number of ether oxygens (including phenoxy) is 4. The number of thiol groups is 1. The molecule has 0 fully saturated rings. The summed E-state index contributed by atoms with van der Waals surface area (Å²) < 4.78 is 23.0. The molecule has 2 rings (SSSR count). The molecule has 1 aromatic carbocycles. The van der Waals surface area contributed by atoms with Gasteiger partial charge in [0.25, 0.3) is 0 Å². The molecule has 0 bridgehead atoms. The maximum atomic E-state index is 5.64. The van der Waals surface area contributed by atoms with E-state index < -0.39 is 0 Å². The highest BCUT2D eigenvalue weighted by Crippen LogP contribution is 2.25. The summed E-state index contributed by atoms with van der Waals surface area (Å²) in [7, 11) is 0. The fourth-order valence-electron chi connectivity index (χ4n) is 2.01. The van der Waals surface area contributed by atoms with Gasteiger partial charge in [-0.05, 0) is 17.5 Å². The van der Waals surface area contributed by atoms with Gasteiger partial charge < -0.3 is 18.9 Å². The first-order valence-corrected chi connectivity index (χ1v) is 9.24. The van der Waals surface area contributed by atoms with Crippen molar-refractivity contribution in [3.05, 3.63) is 35.2 Å². The summed E-state index contributed by atoms with van der Waals surface area (Å²) in [6.07, 6.45) is 0. The Labute approximate surface area is 147 Å². The zero-order valence-corrected chi connectivity index (χ0v) is 15.0. The number of hydrogen-bond donors (Lipinski definition) is 1. The molecule has 0 amide bonds.